The Kier molecular flexibility index (Phi) is 4.93. The lowest BCUT2D eigenvalue weighted by Crippen LogP contribution is -2.61. The zero-order valence-corrected chi connectivity index (χ0v) is 13.7. The molecule has 3 N–H and O–H groups in total. The lowest BCUT2D eigenvalue weighted by atomic mass is 9.69. The van der Waals surface area contributed by atoms with Gasteiger partial charge in [-0.05, 0) is 43.9 Å². The molecule has 22 heavy (non-hydrogen) atoms. The Morgan fingerprint density at radius 2 is 1.50 bits per heavy atom. The van der Waals surface area contributed by atoms with E-state index in [0.29, 0.717) is 12.8 Å². The van der Waals surface area contributed by atoms with Gasteiger partial charge in [0.15, 0.2) is 0 Å². The molecule has 0 atom stereocenters. The van der Waals surface area contributed by atoms with Gasteiger partial charge in [-0.2, -0.15) is 0 Å². The Hall–Kier alpha value is -1.39. The number of primary amides is 1. The summed E-state index contributed by atoms with van der Waals surface area (Å²) in [6, 6.07) is 0. The van der Waals surface area contributed by atoms with E-state index in [-0.39, 0.29) is 17.1 Å². The highest BCUT2D eigenvalue weighted by atomic mass is 16.2. The Morgan fingerprint density at radius 3 is 2.00 bits per heavy atom. The fraction of sp³-hybridized carbons (Fsp3) is 0.824. The quantitative estimate of drug-likeness (QED) is 0.779. The topological polar surface area (TPSA) is 89.3 Å². The molecular weight excluding hydrogens is 280 g/mol. The predicted molar refractivity (Wildman–Crippen MR) is 83.9 cm³/mol. The molecule has 124 valence electrons. The standard InChI is InChI=1S/C17H28N2O3/c1-16(2)8-10-17(11-9-16,15(18)22)19-14(21)13(20)12-6-4-3-5-7-12/h12H,3-11H2,1-2H3,(H2,18,22)(H,19,21). The number of hydrogen-bond donors (Lipinski definition) is 2. The van der Waals surface area contributed by atoms with E-state index < -0.39 is 17.4 Å². The van der Waals surface area contributed by atoms with Crippen molar-refractivity contribution >= 4 is 17.6 Å². The number of nitrogens with two attached hydrogens (primary N) is 1. The third-order valence-corrected chi connectivity index (χ3v) is 5.48. The van der Waals surface area contributed by atoms with Crippen molar-refractivity contribution in [3.8, 4) is 0 Å². The molecule has 0 unspecified atom stereocenters. The average molecular weight is 308 g/mol. The van der Waals surface area contributed by atoms with Crippen molar-refractivity contribution in [2.75, 3.05) is 0 Å². The summed E-state index contributed by atoms with van der Waals surface area (Å²) in [6.45, 7) is 4.29. The van der Waals surface area contributed by atoms with E-state index in [1.54, 1.807) is 0 Å². The molecule has 0 radical (unpaired) electrons. The van der Waals surface area contributed by atoms with Crippen LogP contribution < -0.4 is 11.1 Å². The summed E-state index contributed by atoms with van der Waals surface area (Å²) in [6.07, 6.45) is 7.34. The fourth-order valence-electron chi connectivity index (χ4n) is 3.62. The number of nitrogens with one attached hydrogen (secondary N) is 1. The molecule has 2 aliphatic rings. The summed E-state index contributed by atoms with van der Waals surface area (Å²) in [4.78, 5) is 36.5. The summed E-state index contributed by atoms with van der Waals surface area (Å²) < 4.78 is 0. The van der Waals surface area contributed by atoms with Gasteiger partial charge < -0.3 is 11.1 Å². The number of carbonyl (C=O) groups is 3. The number of ketones is 1. The Labute approximate surface area is 132 Å². The van der Waals surface area contributed by atoms with Crippen LogP contribution in [0.1, 0.15) is 71.6 Å². The van der Waals surface area contributed by atoms with Gasteiger partial charge in [-0.3, -0.25) is 14.4 Å². The molecule has 0 heterocycles. The van der Waals surface area contributed by atoms with E-state index >= 15 is 0 Å². The van der Waals surface area contributed by atoms with Crippen LogP contribution in [0.15, 0.2) is 0 Å². The minimum Gasteiger partial charge on any atom is -0.368 e. The Morgan fingerprint density at radius 1 is 0.955 bits per heavy atom. The molecule has 0 aromatic rings. The molecule has 5 heteroatoms. The first-order valence-electron chi connectivity index (χ1n) is 8.42. The first kappa shape index (κ1) is 17.0. The number of Topliss-reactive ketones (excluding diaryl/α,β-unsaturated/α-hetero) is 1. The molecule has 0 saturated heterocycles. The fourth-order valence-corrected chi connectivity index (χ4v) is 3.62. The monoisotopic (exact) mass is 308 g/mol. The van der Waals surface area contributed by atoms with Gasteiger partial charge in [0.1, 0.15) is 5.54 Å². The lowest BCUT2D eigenvalue weighted by Gasteiger charge is -2.42. The molecule has 2 rings (SSSR count). The summed E-state index contributed by atoms with van der Waals surface area (Å²) in [7, 11) is 0. The minimum atomic E-state index is -1.04. The Balaban J connectivity index is 2.03. The van der Waals surface area contributed by atoms with Gasteiger partial charge in [-0.1, -0.05) is 33.1 Å². The van der Waals surface area contributed by atoms with E-state index in [4.69, 9.17) is 5.73 Å². The third kappa shape index (κ3) is 3.68. The summed E-state index contributed by atoms with van der Waals surface area (Å²) in [5, 5.41) is 2.70. The maximum Gasteiger partial charge on any atom is 0.288 e. The zero-order valence-electron chi connectivity index (χ0n) is 13.7. The van der Waals surface area contributed by atoms with Gasteiger partial charge >= 0.3 is 0 Å². The highest BCUT2D eigenvalue weighted by molar-refractivity contribution is 6.37. The normalized spacial score (nSPS) is 24.5. The van der Waals surface area contributed by atoms with E-state index in [1.807, 2.05) is 0 Å². The van der Waals surface area contributed by atoms with Gasteiger partial charge in [-0.25, -0.2) is 0 Å². The number of amides is 2. The van der Waals surface area contributed by atoms with E-state index in [1.165, 1.54) is 0 Å². The van der Waals surface area contributed by atoms with Crippen LogP contribution in [-0.2, 0) is 14.4 Å². The van der Waals surface area contributed by atoms with Crippen LogP contribution >= 0.6 is 0 Å². The van der Waals surface area contributed by atoms with Crippen LogP contribution in [0.2, 0.25) is 0 Å². The predicted octanol–water partition coefficient (Wildman–Crippen LogP) is 2.08. The van der Waals surface area contributed by atoms with E-state index in [0.717, 1.165) is 44.9 Å². The van der Waals surface area contributed by atoms with Crippen molar-refractivity contribution < 1.29 is 14.4 Å². The van der Waals surface area contributed by atoms with Crippen molar-refractivity contribution in [2.24, 2.45) is 17.1 Å². The molecular formula is C17H28N2O3. The lowest BCUT2D eigenvalue weighted by molar-refractivity contribution is -0.144. The second-order valence-electron chi connectivity index (χ2n) is 7.76. The number of rotatable bonds is 4. The first-order valence-corrected chi connectivity index (χ1v) is 8.42. The summed E-state index contributed by atoms with van der Waals surface area (Å²) in [5.41, 5.74) is 4.66. The zero-order chi connectivity index (χ0) is 16.4. The molecule has 2 fully saturated rings. The van der Waals surface area contributed by atoms with Crippen molar-refractivity contribution in [1.82, 2.24) is 5.32 Å². The van der Waals surface area contributed by atoms with Gasteiger partial charge in [0.2, 0.25) is 11.7 Å². The first-order chi connectivity index (χ1) is 10.3. The van der Waals surface area contributed by atoms with Crippen LogP contribution in [0.5, 0.6) is 0 Å². The van der Waals surface area contributed by atoms with Crippen molar-refractivity contribution in [3.63, 3.8) is 0 Å². The van der Waals surface area contributed by atoms with Crippen molar-refractivity contribution in [1.29, 1.82) is 0 Å². The summed E-state index contributed by atoms with van der Waals surface area (Å²) >= 11 is 0. The molecule has 0 aromatic heterocycles. The van der Waals surface area contributed by atoms with Gasteiger partial charge in [0.25, 0.3) is 5.91 Å². The van der Waals surface area contributed by atoms with Crippen LogP contribution in [0.25, 0.3) is 0 Å². The molecule has 0 spiro atoms. The van der Waals surface area contributed by atoms with Gasteiger partial charge in [0.05, 0.1) is 0 Å². The van der Waals surface area contributed by atoms with Gasteiger partial charge in [0, 0.05) is 5.92 Å². The third-order valence-electron chi connectivity index (χ3n) is 5.48. The molecule has 2 saturated carbocycles. The van der Waals surface area contributed by atoms with E-state index in [9.17, 15) is 14.4 Å². The molecule has 0 aliphatic heterocycles. The second kappa shape index (κ2) is 6.39. The maximum absolute atomic E-state index is 12.3. The second-order valence-corrected chi connectivity index (χ2v) is 7.76. The number of hydrogen-bond acceptors (Lipinski definition) is 3. The average Bonchev–Trinajstić information content (AvgIpc) is 2.49. The van der Waals surface area contributed by atoms with Crippen LogP contribution in [0.3, 0.4) is 0 Å². The minimum absolute atomic E-state index is 0.150. The number of carbonyl (C=O) groups excluding carboxylic acids is 3. The molecule has 0 bridgehead atoms. The van der Waals surface area contributed by atoms with Crippen LogP contribution in [-0.4, -0.2) is 23.1 Å². The van der Waals surface area contributed by atoms with Crippen molar-refractivity contribution in [2.45, 2.75) is 77.2 Å². The SMILES string of the molecule is CC1(C)CCC(NC(=O)C(=O)C2CCCCC2)(C(N)=O)CC1. The van der Waals surface area contributed by atoms with Gasteiger partial charge in [-0.15, -0.1) is 0 Å². The smallest absolute Gasteiger partial charge is 0.288 e. The largest absolute Gasteiger partial charge is 0.368 e. The maximum atomic E-state index is 12.3. The molecule has 2 aliphatic carbocycles. The highest BCUT2D eigenvalue weighted by Crippen LogP contribution is 2.40. The molecule has 0 aromatic carbocycles. The van der Waals surface area contributed by atoms with Crippen LogP contribution in [0, 0.1) is 11.3 Å². The Bertz CT molecular complexity index is 455. The highest BCUT2D eigenvalue weighted by Gasteiger charge is 2.45. The summed E-state index contributed by atoms with van der Waals surface area (Å²) in [5.74, 6) is -1.69. The van der Waals surface area contributed by atoms with E-state index in [2.05, 4.69) is 19.2 Å². The molecule has 2 amide bonds. The van der Waals surface area contributed by atoms with Crippen LogP contribution in [0.4, 0.5) is 0 Å². The molecule has 5 nitrogen and oxygen atoms in total. The van der Waals surface area contributed by atoms with Crippen molar-refractivity contribution in [3.05, 3.63) is 0 Å².